The van der Waals surface area contributed by atoms with Crippen molar-refractivity contribution < 1.29 is 8.78 Å². The van der Waals surface area contributed by atoms with Gasteiger partial charge in [0.25, 0.3) is 0 Å². The van der Waals surface area contributed by atoms with Gasteiger partial charge in [0.05, 0.1) is 14.4 Å². The van der Waals surface area contributed by atoms with E-state index in [0.717, 1.165) is 0 Å². The van der Waals surface area contributed by atoms with Gasteiger partial charge in [-0.25, -0.2) is 0 Å². The molecule has 0 nitrogen and oxygen atoms in total. The lowest BCUT2D eigenvalue weighted by atomic mass is 10.1. The molecule has 0 atom stereocenters. The summed E-state index contributed by atoms with van der Waals surface area (Å²) in [5.41, 5.74) is 6.64. The minimum absolute atomic E-state index is 0.500. The number of halogens is 2. The maximum Gasteiger partial charge on any atom is 0.0785 e. The summed E-state index contributed by atoms with van der Waals surface area (Å²) in [4.78, 5) is 3.22. The molecule has 0 aromatic carbocycles. The molecule has 4 heteroatoms. The highest BCUT2D eigenvalue weighted by atomic mass is 32.1. The lowest BCUT2D eigenvalue weighted by molar-refractivity contribution is 0.635. The summed E-state index contributed by atoms with van der Waals surface area (Å²) < 4.78 is 19.0. The Hall–Kier alpha value is -0.740. The van der Waals surface area contributed by atoms with Gasteiger partial charge in [0.1, 0.15) is 0 Å². The maximum atomic E-state index is 9.50. The van der Waals surface area contributed by atoms with E-state index in [9.17, 15) is 8.78 Å². The van der Waals surface area contributed by atoms with Crippen molar-refractivity contribution in [1.82, 2.24) is 0 Å². The number of aryl methyl sites for hydroxylation is 2. The van der Waals surface area contributed by atoms with Crippen LogP contribution < -0.4 is 0 Å². The van der Waals surface area contributed by atoms with Crippen LogP contribution in [0, 0.1) is 0 Å². The summed E-state index contributed by atoms with van der Waals surface area (Å²) in [6.45, 7) is 0. The second-order valence-corrected chi connectivity index (χ2v) is 6.60. The van der Waals surface area contributed by atoms with Crippen molar-refractivity contribution in [2.45, 2.75) is 38.5 Å². The summed E-state index contributed by atoms with van der Waals surface area (Å²) in [5.74, 6) is 0. The molecule has 2 aliphatic rings. The largest absolute Gasteiger partial charge is 0.255 e. The van der Waals surface area contributed by atoms with Crippen molar-refractivity contribution in [2.24, 2.45) is 0 Å². The highest BCUT2D eigenvalue weighted by Crippen LogP contribution is 2.45. The molecule has 0 bridgehead atoms. The van der Waals surface area contributed by atoms with E-state index in [1.807, 2.05) is 22.7 Å². The highest BCUT2D eigenvalue weighted by molar-refractivity contribution is 7.20. The Morgan fingerprint density at radius 3 is 1.50 bits per heavy atom. The van der Waals surface area contributed by atoms with Crippen molar-refractivity contribution in [3.63, 3.8) is 0 Å². The van der Waals surface area contributed by atoms with E-state index < -0.39 is 0 Å². The van der Waals surface area contributed by atoms with Gasteiger partial charge in [0.2, 0.25) is 0 Å². The van der Waals surface area contributed by atoms with Crippen molar-refractivity contribution in [1.29, 1.82) is 0 Å². The minimum atomic E-state index is 0.500. The Labute approximate surface area is 127 Å². The summed E-state index contributed by atoms with van der Waals surface area (Å²) in [5, 5.41) is 4.80. The summed E-state index contributed by atoms with van der Waals surface area (Å²) in [6, 6.07) is 0. The van der Waals surface area contributed by atoms with Gasteiger partial charge in [0, 0.05) is 9.75 Å². The molecule has 0 aliphatic heterocycles. The first-order valence-corrected chi connectivity index (χ1v) is 8.64. The Balaban J connectivity index is 0.000000340. The van der Waals surface area contributed by atoms with Gasteiger partial charge < -0.3 is 0 Å². The van der Waals surface area contributed by atoms with Crippen LogP contribution in [0.25, 0.3) is 9.75 Å². The zero-order valence-corrected chi connectivity index (χ0v) is 13.6. The molecule has 0 fully saturated rings. The summed E-state index contributed by atoms with van der Waals surface area (Å²) >= 11 is 3.97. The molecule has 4 rings (SSSR count). The molecule has 2 heterocycles. The van der Waals surface area contributed by atoms with Crippen LogP contribution in [0.15, 0.2) is 10.8 Å². The zero-order valence-electron chi connectivity index (χ0n) is 12.0. The van der Waals surface area contributed by atoms with Crippen LogP contribution in [0.1, 0.15) is 35.1 Å². The van der Waals surface area contributed by atoms with E-state index >= 15 is 0 Å². The van der Waals surface area contributed by atoms with Crippen molar-refractivity contribution in [2.75, 3.05) is 14.4 Å². The molecule has 0 unspecified atom stereocenters. The fourth-order valence-corrected chi connectivity index (χ4v) is 5.64. The molecular weight excluding hydrogens is 294 g/mol. The van der Waals surface area contributed by atoms with Gasteiger partial charge in [-0.3, -0.25) is 8.78 Å². The van der Waals surface area contributed by atoms with E-state index in [0.29, 0.717) is 14.4 Å². The first kappa shape index (κ1) is 15.6. The van der Waals surface area contributed by atoms with Crippen molar-refractivity contribution >= 4 is 22.7 Å². The van der Waals surface area contributed by atoms with Gasteiger partial charge in [-0.2, -0.15) is 0 Å². The number of hydrogen-bond donors (Lipinski definition) is 0. The molecule has 2 aromatic heterocycles. The first-order chi connectivity index (χ1) is 9.93. The fourth-order valence-electron chi connectivity index (χ4n) is 3.10. The van der Waals surface area contributed by atoms with E-state index in [4.69, 9.17) is 0 Å². The molecule has 0 radical (unpaired) electrons. The van der Waals surface area contributed by atoms with E-state index in [2.05, 4.69) is 10.8 Å². The molecule has 20 heavy (non-hydrogen) atoms. The van der Waals surface area contributed by atoms with Crippen molar-refractivity contribution in [3.05, 3.63) is 33.0 Å². The Kier molecular flexibility index (Phi) is 5.73. The van der Waals surface area contributed by atoms with Crippen molar-refractivity contribution in [3.8, 4) is 9.75 Å². The topological polar surface area (TPSA) is 0 Å². The van der Waals surface area contributed by atoms with Gasteiger partial charge in [0.15, 0.2) is 0 Å². The molecule has 2 aromatic rings. The van der Waals surface area contributed by atoms with Crippen LogP contribution in [0.2, 0.25) is 0 Å². The summed E-state index contributed by atoms with van der Waals surface area (Å²) in [7, 11) is 1.00. The van der Waals surface area contributed by atoms with E-state index in [1.165, 1.54) is 38.5 Å². The maximum absolute atomic E-state index is 9.50. The quantitative estimate of drug-likeness (QED) is 0.640. The predicted molar refractivity (Wildman–Crippen MR) is 85.7 cm³/mol. The zero-order chi connectivity index (χ0) is 14.5. The molecule has 0 N–H and O–H groups in total. The van der Waals surface area contributed by atoms with Crippen LogP contribution in [0.4, 0.5) is 8.78 Å². The van der Waals surface area contributed by atoms with E-state index in [1.54, 1.807) is 32.0 Å². The monoisotopic (exact) mass is 314 g/mol. The van der Waals surface area contributed by atoms with E-state index in [-0.39, 0.29) is 0 Å². The van der Waals surface area contributed by atoms with Gasteiger partial charge in [-0.1, -0.05) is 0 Å². The third kappa shape index (κ3) is 2.68. The lowest BCUT2D eigenvalue weighted by Gasteiger charge is -2.01. The molecule has 110 valence electrons. The Morgan fingerprint density at radius 2 is 1.10 bits per heavy atom. The molecule has 2 aliphatic carbocycles. The Morgan fingerprint density at radius 1 is 0.700 bits per heavy atom. The lowest BCUT2D eigenvalue weighted by Crippen LogP contribution is -1.82. The smallest absolute Gasteiger partial charge is 0.0785 e. The first-order valence-electron chi connectivity index (χ1n) is 6.88. The average Bonchev–Trinajstić information content (AvgIpc) is 3.24. The highest BCUT2D eigenvalue weighted by Gasteiger charge is 2.23. The van der Waals surface area contributed by atoms with Crippen LogP contribution in [-0.2, 0) is 25.7 Å². The van der Waals surface area contributed by atoms with Crippen LogP contribution in [0.5, 0.6) is 0 Å². The second kappa shape index (κ2) is 7.32. The fraction of sp³-hybridized carbons (Fsp3) is 0.500. The van der Waals surface area contributed by atoms with Gasteiger partial charge >= 0.3 is 0 Å². The normalized spacial score (nSPS) is 14.8. The molecule has 0 saturated carbocycles. The SMILES string of the molecule is CF.CF.c1sc(-c2scc3c2CCC3)c2c1CCC2. The van der Waals surface area contributed by atoms with Crippen LogP contribution >= 0.6 is 22.7 Å². The van der Waals surface area contributed by atoms with Gasteiger partial charge in [-0.15, -0.1) is 22.7 Å². The number of fused-ring (bicyclic) bond motifs is 2. The van der Waals surface area contributed by atoms with Crippen LogP contribution in [0.3, 0.4) is 0 Å². The number of alkyl halides is 2. The average molecular weight is 314 g/mol. The third-order valence-corrected chi connectivity index (χ3v) is 6.22. The molecule has 0 spiro atoms. The number of rotatable bonds is 1. The third-order valence-electron chi connectivity index (χ3n) is 3.91. The minimum Gasteiger partial charge on any atom is -0.255 e. The predicted octanol–water partition coefficient (Wildman–Crippen LogP) is 5.63. The molecular formula is C16H20F2S2. The number of hydrogen-bond acceptors (Lipinski definition) is 2. The molecule has 0 amide bonds. The molecule has 0 saturated heterocycles. The Bertz CT molecular complexity index is 505. The van der Waals surface area contributed by atoms with Crippen LogP contribution in [-0.4, -0.2) is 14.4 Å². The summed E-state index contributed by atoms with van der Waals surface area (Å²) in [6.07, 6.45) is 8.03. The standard InChI is InChI=1S/C14H14S2.2CH3F/c1-3-9-7-15-13(11(9)5-1)14-12-6-2-4-10(12)8-16-14;2*1-2/h7-8H,1-6H2;2*1H3. The number of thiophene rings is 2. The second-order valence-electron chi connectivity index (χ2n) is 4.84. The van der Waals surface area contributed by atoms with Gasteiger partial charge in [-0.05, 0) is 71.5 Å².